The molecule has 2 aromatic rings. The molecule has 9 heteroatoms. The lowest BCUT2D eigenvalue weighted by Crippen LogP contribution is -2.48. The number of hydrazine groups is 1. The summed E-state index contributed by atoms with van der Waals surface area (Å²) in [5.74, 6) is 0.117. The van der Waals surface area contributed by atoms with E-state index in [2.05, 4.69) is 38.2 Å². The normalized spacial score (nSPS) is 9.96. The average Bonchev–Trinajstić information content (AvgIpc) is 3.00. The van der Waals surface area contributed by atoms with Crippen molar-refractivity contribution in [1.29, 1.82) is 0 Å². The molecule has 120 valence electrons. The second-order valence-corrected chi connectivity index (χ2v) is 5.23. The van der Waals surface area contributed by atoms with E-state index in [0.29, 0.717) is 17.5 Å². The number of carbonyl (C=O) groups excluding carboxylic acids is 1. The van der Waals surface area contributed by atoms with Gasteiger partial charge in [-0.15, -0.1) is 10.2 Å². The first-order valence-electron chi connectivity index (χ1n) is 6.85. The van der Waals surface area contributed by atoms with Crippen molar-refractivity contribution in [1.82, 2.24) is 36.4 Å². The fraction of sp³-hybridized carbons (Fsp3) is 0.214. The molecule has 0 radical (unpaired) electrons. The van der Waals surface area contributed by atoms with Crippen LogP contribution >= 0.6 is 12.2 Å². The Morgan fingerprint density at radius 3 is 2.74 bits per heavy atom. The molecule has 1 amide bonds. The number of thiocarbonyl (C=S) groups is 1. The summed E-state index contributed by atoms with van der Waals surface area (Å²) in [6.45, 7) is 6.07. The maximum absolute atomic E-state index is 11.8. The van der Waals surface area contributed by atoms with Crippen molar-refractivity contribution in [2.75, 3.05) is 6.54 Å². The van der Waals surface area contributed by atoms with Crippen molar-refractivity contribution in [2.24, 2.45) is 0 Å². The van der Waals surface area contributed by atoms with Crippen LogP contribution in [0.15, 0.2) is 42.5 Å². The first kappa shape index (κ1) is 16.6. The highest BCUT2D eigenvalue weighted by molar-refractivity contribution is 7.80. The highest BCUT2D eigenvalue weighted by Gasteiger charge is 2.09. The quantitative estimate of drug-likeness (QED) is 0.415. The highest BCUT2D eigenvalue weighted by Crippen LogP contribution is 2.11. The van der Waals surface area contributed by atoms with Gasteiger partial charge in [-0.3, -0.25) is 15.6 Å². The molecule has 1 aromatic heterocycles. The van der Waals surface area contributed by atoms with Gasteiger partial charge in [-0.25, -0.2) is 0 Å². The minimum absolute atomic E-state index is 0.0735. The van der Waals surface area contributed by atoms with Crippen molar-refractivity contribution < 1.29 is 4.79 Å². The van der Waals surface area contributed by atoms with E-state index in [9.17, 15) is 4.79 Å². The van der Waals surface area contributed by atoms with E-state index < -0.39 is 0 Å². The summed E-state index contributed by atoms with van der Waals surface area (Å²) in [4.78, 5) is 13.0. The van der Waals surface area contributed by atoms with Crippen molar-refractivity contribution in [3.63, 3.8) is 0 Å². The van der Waals surface area contributed by atoms with E-state index in [0.717, 1.165) is 11.1 Å². The lowest BCUT2D eigenvalue weighted by Gasteiger charge is -2.10. The van der Waals surface area contributed by atoms with E-state index in [4.69, 9.17) is 12.2 Å². The highest BCUT2D eigenvalue weighted by atomic mass is 32.1. The molecule has 0 bridgehead atoms. The number of hydrogen-bond donors (Lipinski definition) is 3. The summed E-state index contributed by atoms with van der Waals surface area (Å²) >= 11 is 4.99. The number of carbonyl (C=O) groups is 1. The Balaban J connectivity index is 1.81. The van der Waals surface area contributed by atoms with Gasteiger partial charge in [-0.1, -0.05) is 42.5 Å². The maximum atomic E-state index is 11.8. The van der Waals surface area contributed by atoms with E-state index in [-0.39, 0.29) is 12.5 Å². The second kappa shape index (κ2) is 7.99. The third kappa shape index (κ3) is 5.47. The number of tetrazole rings is 1. The minimum Gasteiger partial charge on any atom is -0.358 e. The number of nitrogens with one attached hydrogen (secondary N) is 3. The second-order valence-electron chi connectivity index (χ2n) is 4.82. The molecule has 0 atom stereocenters. The molecule has 0 unspecified atom stereocenters. The molecular formula is C14H17N7OS. The number of hydrogen-bond acceptors (Lipinski definition) is 5. The Labute approximate surface area is 138 Å². The Bertz CT molecular complexity index is 698. The zero-order chi connectivity index (χ0) is 16.7. The Hall–Kier alpha value is -2.81. The molecule has 1 heterocycles. The van der Waals surface area contributed by atoms with Crippen LogP contribution in [0.2, 0.25) is 0 Å². The topological polar surface area (TPSA) is 96.8 Å². The summed E-state index contributed by atoms with van der Waals surface area (Å²) in [6, 6.07) is 9.40. The van der Waals surface area contributed by atoms with Gasteiger partial charge in [0, 0.05) is 12.1 Å². The van der Waals surface area contributed by atoms with Gasteiger partial charge in [-0.2, -0.15) is 4.80 Å². The molecular weight excluding hydrogens is 314 g/mol. The molecule has 0 spiro atoms. The van der Waals surface area contributed by atoms with Crippen LogP contribution in [-0.2, 0) is 11.3 Å². The third-order valence-corrected chi connectivity index (χ3v) is 2.88. The van der Waals surface area contributed by atoms with E-state index in [1.807, 2.05) is 37.3 Å². The standard InChI is InChI=1S/C14H17N7OS/c1-10(2)8-15-14(23)18-16-12(22)9-21-19-13(17-20-21)11-6-4-3-5-7-11/h3-7H,1,8-9H2,2H3,(H,16,22)(H2,15,18,23). The number of benzene rings is 1. The van der Waals surface area contributed by atoms with Gasteiger partial charge in [0.05, 0.1) is 0 Å². The Kier molecular flexibility index (Phi) is 5.75. The fourth-order valence-corrected chi connectivity index (χ4v) is 1.71. The minimum atomic E-state index is -0.346. The van der Waals surface area contributed by atoms with Gasteiger partial charge in [0.25, 0.3) is 5.91 Å². The smallest absolute Gasteiger partial charge is 0.262 e. The van der Waals surface area contributed by atoms with Gasteiger partial charge >= 0.3 is 0 Å². The predicted molar refractivity (Wildman–Crippen MR) is 89.9 cm³/mol. The fourth-order valence-electron chi connectivity index (χ4n) is 1.58. The van der Waals surface area contributed by atoms with Crippen LogP contribution in [0.5, 0.6) is 0 Å². The first-order valence-corrected chi connectivity index (χ1v) is 7.25. The Morgan fingerprint density at radius 2 is 2.04 bits per heavy atom. The van der Waals surface area contributed by atoms with Crippen molar-refractivity contribution in [3.8, 4) is 11.4 Å². The van der Waals surface area contributed by atoms with Gasteiger partial charge < -0.3 is 5.32 Å². The summed E-state index contributed by atoms with van der Waals surface area (Å²) < 4.78 is 0. The molecule has 0 saturated carbocycles. The first-order chi connectivity index (χ1) is 11.0. The third-order valence-electron chi connectivity index (χ3n) is 2.64. The van der Waals surface area contributed by atoms with Crippen LogP contribution in [0.1, 0.15) is 6.92 Å². The van der Waals surface area contributed by atoms with Crippen LogP contribution in [-0.4, -0.2) is 37.8 Å². The Morgan fingerprint density at radius 1 is 1.30 bits per heavy atom. The molecule has 0 aliphatic carbocycles. The average molecular weight is 331 g/mol. The number of aromatic nitrogens is 4. The molecule has 0 aliphatic heterocycles. The molecule has 0 saturated heterocycles. The van der Waals surface area contributed by atoms with Gasteiger partial charge in [0.1, 0.15) is 6.54 Å². The maximum Gasteiger partial charge on any atom is 0.262 e. The van der Waals surface area contributed by atoms with Crippen LogP contribution in [0, 0.1) is 0 Å². The van der Waals surface area contributed by atoms with Crippen LogP contribution in [0.3, 0.4) is 0 Å². The zero-order valence-electron chi connectivity index (χ0n) is 12.6. The summed E-state index contributed by atoms with van der Waals surface area (Å²) in [6.07, 6.45) is 0. The summed E-state index contributed by atoms with van der Waals surface area (Å²) in [7, 11) is 0. The van der Waals surface area contributed by atoms with E-state index in [1.165, 1.54) is 4.80 Å². The predicted octanol–water partition coefficient (Wildman–Crippen LogP) is 0.411. The largest absolute Gasteiger partial charge is 0.358 e. The van der Waals surface area contributed by atoms with Crippen molar-refractivity contribution in [3.05, 3.63) is 42.5 Å². The van der Waals surface area contributed by atoms with E-state index in [1.54, 1.807) is 0 Å². The SMILES string of the molecule is C=C(C)CNC(=S)NNC(=O)Cn1nnc(-c2ccccc2)n1. The lowest BCUT2D eigenvalue weighted by molar-refractivity contribution is -0.122. The summed E-state index contributed by atoms with van der Waals surface area (Å²) in [5.41, 5.74) is 6.81. The molecule has 23 heavy (non-hydrogen) atoms. The molecule has 8 nitrogen and oxygen atoms in total. The molecule has 0 fully saturated rings. The molecule has 3 N–H and O–H groups in total. The lowest BCUT2D eigenvalue weighted by atomic mass is 10.2. The zero-order valence-corrected chi connectivity index (χ0v) is 13.4. The van der Waals surface area contributed by atoms with Gasteiger partial charge in [-0.05, 0) is 24.4 Å². The monoisotopic (exact) mass is 331 g/mol. The summed E-state index contributed by atoms with van der Waals surface area (Å²) in [5, 5.41) is 15.1. The van der Waals surface area contributed by atoms with Gasteiger partial charge in [0.2, 0.25) is 5.82 Å². The van der Waals surface area contributed by atoms with Crippen LogP contribution in [0.4, 0.5) is 0 Å². The molecule has 0 aliphatic rings. The number of rotatable bonds is 5. The number of nitrogens with zero attached hydrogens (tertiary/aromatic N) is 4. The number of amides is 1. The van der Waals surface area contributed by atoms with Gasteiger partial charge in [0.15, 0.2) is 5.11 Å². The van der Waals surface area contributed by atoms with E-state index >= 15 is 0 Å². The van der Waals surface area contributed by atoms with Crippen LogP contribution < -0.4 is 16.2 Å². The van der Waals surface area contributed by atoms with Crippen molar-refractivity contribution >= 4 is 23.2 Å². The van der Waals surface area contributed by atoms with Crippen molar-refractivity contribution in [2.45, 2.75) is 13.5 Å². The molecule has 1 aromatic carbocycles. The van der Waals surface area contributed by atoms with Crippen LogP contribution in [0.25, 0.3) is 11.4 Å². The molecule has 2 rings (SSSR count).